The second-order valence-electron chi connectivity index (χ2n) is 25.1. The van der Waals surface area contributed by atoms with E-state index < -0.39 is 158 Å². The number of ketones is 3. The first kappa shape index (κ1) is 71.4. The molecule has 10 atom stereocenters. The van der Waals surface area contributed by atoms with Crippen LogP contribution in [0.1, 0.15) is 139 Å². The summed E-state index contributed by atoms with van der Waals surface area (Å²) in [5.41, 5.74) is 10.1. The summed E-state index contributed by atoms with van der Waals surface area (Å²) in [7, 11) is 0. The second kappa shape index (κ2) is 34.1. The van der Waals surface area contributed by atoms with Crippen LogP contribution in [0.3, 0.4) is 0 Å². The highest BCUT2D eigenvalue weighted by atomic mass is 32.2. The van der Waals surface area contributed by atoms with Crippen LogP contribution in [0.5, 0.6) is 5.75 Å². The van der Waals surface area contributed by atoms with Crippen molar-refractivity contribution in [3.8, 4) is 17.6 Å². The zero-order valence-corrected chi connectivity index (χ0v) is 54.3. The highest BCUT2D eigenvalue weighted by Gasteiger charge is 2.45. The molecule has 1 saturated heterocycles. The molecule has 3 aromatic carbocycles. The Kier molecular flexibility index (Phi) is 25.9. The number of aromatic amines is 1. The summed E-state index contributed by atoms with van der Waals surface area (Å²) in [6.07, 6.45) is 1.36. The topological polar surface area (TPSA) is 366 Å². The molecule has 8 amide bonds. The van der Waals surface area contributed by atoms with Crippen LogP contribution in [-0.2, 0) is 65.7 Å². The van der Waals surface area contributed by atoms with E-state index in [0.717, 1.165) is 64.7 Å². The van der Waals surface area contributed by atoms with E-state index in [-0.39, 0.29) is 30.3 Å². The molecule has 8 rings (SSSR count). The summed E-state index contributed by atoms with van der Waals surface area (Å²) in [6, 6.07) is 15.0. The van der Waals surface area contributed by atoms with Gasteiger partial charge in [-0.15, -0.1) is 11.8 Å². The largest absolute Gasteiger partial charge is 0.494 e. The number of aliphatic hydroxyl groups excluding tert-OH is 3. The third-order valence-corrected chi connectivity index (χ3v) is 19.2. The fourth-order valence-electron chi connectivity index (χ4n) is 12.4. The number of rotatable bonds is 21. The van der Waals surface area contributed by atoms with Crippen molar-refractivity contribution in [2.75, 3.05) is 43.5 Å². The fourth-order valence-corrected chi connectivity index (χ4v) is 13.6. The maximum Gasteiger partial charge on any atom is 0.243 e. The summed E-state index contributed by atoms with van der Waals surface area (Å²) in [6.45, 7) is 3.09. The van der Waals surface area contributed by atoms with E-state index >= 15 is 0 Å². The van der Waals surface area contributed by atoms with Crippen LogP contribution < -0.4 is 42.0 Å². The second-order valence-corrected chi connectivity index (χ2v) is 26.1. The number of benzene rings is 3. The first-order chi connectivity index (χ1) is 45.1. The molecule has 4 aromatic rings. The third kappa shape index (κ3) is 19.1. The lowest BCUT2D eigenvalue weighted by atomic mass is 9.85. The van der Waals surface area contributed by atoms with E-state index in [1.807, 2.05) is 48.5 Å². The van der Waals surface area contributed by atoms with Crippen LogP contribution in [0, 0.1) is 35.5 Å². The molecule has 0 radical (unpaired) electrons. The number of nitrogens with one attached hydrogen (secondary N) is 6. The Bertz CT molecular complexity index is 3530. The standard InChI is InChI=1S/C69H87N9O15S/c1-4-40(2)63-67(91)72-34-60(86)73-53-39-94-68-51(28-45(65(89)71-35-61(87)75-63)29-57(83)64(41(3)58(84)38-79)76-66(90)55-32-48(81)37-78(55)69(92)46(30-56(53)82)31-59(70)85)50-26-25-49(33-52(50)74-68)93-27-15-7-5-6-8-19-47(80)20-12-14-22-62(88)77-36-44-18-10-9-16-42(44)23-24-43-17-11-13-21-54(43)77/h9-11,13,16-18,21,25-26,33,40-41,45-46,48,53,55,58,63-64,74,79,81,84H,4-8,12,14-15,19-20,22,27-32,34-39H2,1-3H3,(H2,70,85)(H,71,89)(H,72,91)(H,73,86)(H,75,87)(H,76,90)/t40-,41-,45-,46-,48+,53-,55-,58-,63-,64-/m0/s1. The summed E-state index contributed by atoms with van der Waals surface area (Å²) in [4.78, 5) is 160. The summed E-state index contributed by atoms with van der Waals surface area (Å²) < 4.78 is 6.24. The lowest BCUT2D eigenvalue weighted by molar-refractivity contribution is -0.145. The van der Waals surface area contributed by atoms with Crippen molar-refractivity contribution in [2.24, 2.45) is 29.4 Å². The van der Waals surface area contributed by atoms with Gasteiger partial charge in [0.05, 0.1) is 79.3 Å². The number of hydrogen-bond acceptors (Lipinski definition) is 16. The monoisotopic (exact) mass is 1310 g/mol. The van der Waals surface area contributed by atoms with Crippen molar-refractivity contribution < 1.29 is 72.8 Å². The van der Waals surface area contributed by atoms with Gasteiger partial charge in [-0.2, -0.15) is 0 Å². The number of nitrogens with two attached hydrogens (primary N) is 1. The number of primary amides is 1. The van der Waals surface area contributed by atoms with E-state index in [9.17, 15) is 68.1 Å². The van der Waals surface area contributed by atoms with Crippen LogP contribution in [-0.4, -0.2) is 165 Å². The first-order valence-corrected chi connectivity index (χ1v) is 33.6. The van der Waals surface area contributed by atoms with Crippen molar-refractivity contribution in [1.82, 2.24) is 36.5 Å². The van der Waals surface area contributed by atoms with Crippen molar-refractivity contribution in [3.63, 3.8) is 0 Å². The zero-order valence-electron chi connectivity index (χ0n) is 53.5. The molecule has 2 bridgehead atoms. The van der Waals surface area contributed by atoms with Gasteiger partial charge in [-0.1, -0.05) is 88.6 Å². The SMILES string of the molecule is CC[C@H](C)[C@@H]1NC(=O)CNC(=O)[C@@H]2CC(=O)[C@H]([C@@H](C)[C@@H](O)CO)NC(=O)[C@@H]3C[C@@H](O)CN3C(=O)[C@H](CC(N)=O)CC(=O)[C@H](CSc3[nH]c4cc(OCCCCCCCC(=O)CCCCC(=O)N5Cc6ccccc6C#Cc6ccccc65)ccc4c3C2)NC(=O)CNC1=O. The lowest BCUT2D eigenvalue weighted by Gasteiger charge is -2.32. The molecular weight excluding hydrogens is 1230 g/mol. The molecule has 94 heavy (non-hydrogen) atoms. The number of para-hydroxylation sites is 1. The predicted molar refractivity (Wildman–Crippen MR) is 349 cm³/mol. The molecule has 0 unspecified atom stereocenters. The van der Waals surface area contributed by atoms with E-state index in [1.54, 1.807) is 36.9 Å². The number of amides is 8. The number of H-pyrrole nitrogens is 1. The Hall–Kier alpha value is -8.44. The number of unbranched alkanes of at least 4 members (excludes halogenated alkanes) is 5. The number of thioether (sulfide) groups is 1. The number of carbonyl (C=O) groups excluding carboxylic acids is 11. The Labute approximate surface area is 550 Å². The number of nitrogens with zero attached hydrogens (tertiary/aromatic N) is 2. The maximum absolute atomic E-state index is 14.9. The van der Waals surface area contributed by atoms with Crippen molar-refractivity contribution in [2.45, 2.75) is 171 Å². The number of fused-ring (bicyclic) bond motifs is 7. The molecule has 1 aromatic heterocycles. The van der Waals surface area contributed by atoms with Gasteiger partial charge in [0.25, 0.3) is 0 Å². The smallest absolute Gasteiger partial charge is 0.243 e. The average molecular weight is 1310 g/mol. The number of aromatic nitrogens is 1. The molecule has 0 saturated carbocycles. The molecule has 24 nitrogen and oxygen atoms in total. The van der Waals surface area contributed by atoms with Crippen LogP contribution in [0.4, 0.5) is 5.69 Å². The van der Waals surface area contributed by atoms with Gasteiger partial charge in [0.15, 0.2) is 11.6 Å². The van der Waals surface area contributed by atoms with Crippen LogP contribution in [0.2, 0.25) is 0 Å². The van der Waals surface area contributed by atoms with Crippen LogP contribution in [0.25, 0.3) is 10.9 Å². The minimum absolute atomic E-state index is 0.0106. The predicted octanol–water partition coefficient (Wildman–Crippen LogP) is 3.34. The summed E-state index contributed by atoms with van der Waals surface area (Å²) in [5, 5.41) is 46.0. The quantitative estimate of drug-likeness (QED) is 0.0422. The zero-order chi connectivity index (χ0) is 67.6. The van der Waals surface area contributed by atoms with Crippen molar-refractivity contribution >= 4 is 93.0 Å². The molecule has 1 fully saturated rings. The minimum Gasteiger partial charge on any atom is -0.494 e. The van der Waals surface area contributed by atoms with Gasteiger partial charge in [-0.25, -0.2) is 0 Å². The van der Waals surface area contributed by atoms with E-state index in [1.165, 1.54) is 6.92 Å². The Morgan fingerprint density at radius 3 is 2.17 bits per heavy atom. The number of anilines is 1. The Morgan fingerprint density at radius 1 is 0.755 bits per heavy atom. The number of ether oxygens (including phenoxy) is 1. The van der Waals surface area contributed by atoms with Gasteiger partial charge in [-0.3, -0.25) is 52.7 Å². The van der Waals surface area contributed by atoms with Gasteiger partial charge in [0.2, 0.25) is 47.3 Å². The number of hydrogen-bond donors (Lipinski definition) is 10. The third-order valence-electron chi connectivity index (χ3n) is 18.1. The lowest BCUT2D eigenvalue weighted by Crippen LogP contribution is -2.56. The van der Waals surface area contributed by atoms with Gasteiger partial charge in [-0.05, 0) is 79.5 Å². The first-order valence-electron chi connectivity index (χ1n) is 32.6. The maximum atomic E-state index is 14.9. The molecular formula is C69H87N9O15S. The highest BCUT2D eigenvalue weighted by Crippen LogP contribution is 2.36. The number of carbonyl (C=O) groups is 11. The van der Waals surface area contributed by atoms with E-state index in [0.29, 0.717) is 85.3 Å². The van der Waals surface area contributed by atoms with E-state index in [4.69, 9.17) is 10.5 Å². The van der Waals surface area contributed by atoms with Gasteiger partial charge in [0, 0.05) is 91.7 Å². The summed E-state index contributed by atoms with van der Waals surface area (Å²) >= 11 is 1.06. The molecule has 5 heterocycles. The van der Waals surface area contributed by atoms with Gasteiger partial charge >= 0.3 is 0 Å². The minimum atomic E-state index is -1.61. The molecule has 504 valence electrons. The molecule has 4 aliphatic heterocycles. The molecule has 0 aliphatic carbocycles. The number of aliphatic hydroxyl groups is 3. The Balaban J connectivity index is 0.971. The normalized spacial score (nSPS) is 22.8. The molecule has 11 N–H and O–H groups in total. The van der Waals surface area contributed by atoms with Gasteiger partial charge < -0.3 is 67.2 Å². The van der Waals surface area contributed by atoms with Crippen molar-refractivity contribution in [3.05, 3.63) is 89.0 Å². The average Bonchev–Trinajstić information content (AvgIpc) is 1.59. The molecule has 25 heteroatoms. The van der Waals surface area contributed by atoms with E-state index in [2.05, 4.69) is 43.4 Å². The van der Waals surface area contributed by atoms with Crippen LogP contribution >= 0.6 is 11.8 Å². The fraction of sp³-hybridized carbons (Fsp3) is 0.522. The Morgan fingerprint density at radius 2 is 1.43 bits per heavy atom. The highest BCUT2D eigenvalue weighted by molar-refractivity contribution is 7.99. The molecule has 4 aliphatic rings. The summed E-state index contributed by atoms with van der Waals surface area (Å²) in [5.74, 6) is -5.11. The van der Waals surface area contributed by atoms with Crippen molar-refractivity contribution in [1.29, 1.82) is 0 Å². The number of Topliss-reactive ketones (excluding diaryl/α,β-unsaturated/α-hetero) is 3. The molecule has 0 spiro atoms. The van der Waals surface area contributed by atoms with Gasteiger partial charge in [0.1, 0.15) is 23.6 Å². The van der Waals surface area contributed by atoms with Crippen LogP contribution in [0.15, 0.2) is 71.8 Å².